The highest BCUT2D eigenvalue weighted by molar-refractivity contribution is 5.93. The fourth-order valence-electron chi connectivity index (χ4n) is 3.63. The highest BCUT2D eigenvalue weighted by Crippen LogP contribution is 2.32. The standard InChI is InChI=1S/C20H21N5O4/c21-17(28)15-7-4-8-25(15)20-14-9-13(10-29-11-16(26)27)22-19(14)23-18(24-20)12-5-2-1-3-6-12/h1-3,5-6,9,15H,4,7-8,10-11H2,(H2,21,28)(H,26,27)(H,22,23,24). The Hall–Kier alpha value is -3.46. The molecule has 1 amide bonds. The molecule has 0 bridgehead atoms. The normalized spacial score (nSPS) is 16.4. The van der Waals surface area contributed by atoms with Gasteiger partial charge in [-0.2, -0.15) is 0 Å². The Kier molecular flexibility index (Phi) is 5.13. The van der Waals surface area contributed by atoms with E-state index in [2.05, 4.69) is 9.97 Å². The number of carboxylic acids is 1. The second-order valence-electron chi connectivity index (χ2n) is 6.93. The Morgan fingerprint density at radius 3 is 2.79 bits per heavy atom. The molecule has 1 aliphatic heterocycles. The smallest absolute Gasteiger partial charge is 0.329 e. The van der Waals surface area contributed by atoms with Gasteiger partial charge in [0.05, 0.1) is 12.0 Å². The molecule has 29 heavy (non-hydrogen) atoms. The van der Waals surface area contributed by atoms with Gasteiger partial charge in [0.25, 0.3) is 0 Å². The summed E-state index contributed by atoms with van der Waals surface area (Å²) in [6.07, 6.45) is 1.53. The molecular formula is C20H21N5O4. The summed E-state index contributed by atoms with van der Waals surface area (Å²) >= 11 is 0. The van der Waals surface area contributed by atoms with E-state index >= 15 is 0 Å². The van der Waals surface area contributed by atoms with E-state index in [9.17, 15) is 9.59 Å². The number of nitrogens with one attached hydrogen (secondary N) is 1. The number of H-pyrrole nitrogens is 1. The molecule has 0 radical (unpaired) electrons. The van der Waals surface area contributed by atoms with Gasteiger partial charge in [-0.3, -0.25) is 4.79 Å². The maximum atomic E-state index is 11.9. The summed E-state index contributed by atoms with van der Waals surface area (Å²) in [5, 5.41) is 9.50. The van der Waals surface area contributed by atoms with Gasteiger partial charge in [-0.15, -0.1) is 0 Å². The maximum Gasteiger partial charge on any atom is 0.329 e. The lowest BCUT2D eigenvalue weighted by atomic mass is 10.2. The number of rotatable bonds is 7. The third-order valence-electron chi connectivity index (χ3n) is 4.89. The van der Waals surface area contributed by atoms with Gasteiger partial charge in [0, 0.05) is 17.8 Å². The fraction of sp³-hybridized carbons (Fsp3) is 0.300. The largest absolute Gasteiger partial charge is 0.480 e. The minimum Gasteiger partial charge on any atom is -0.480 e. The maximum absolute atomic E-state index is 11.9. The number of hydrogen-bond donors (Lipinski definition) is 3. The van der Waals surface area contributed by atoms with E-state index < -0.39 is 12.0 Å². The van der Waals surface area contributed by atoms with Crippen molar-refractivity contribution in [2.24, 2.45) is 5.73 Å². The number of hydrogen-bond acceptors (Lipinski definition) is 6. The SMILES string of the molecule is NC(=O)C1CCCN1c1nc(-c2ccccc2)nc2[nH]c(COCC(=O)O)cc12. The van der Waals surface area contributed by atoms with Crippen molar-refractivity contribution in [2.45, 2.75) is 25.5 Å². The van der Waals surface area contributed by atoms with Crippen LogP contribution in [0.25, 0.3) is 22.4 Å². The molecule has 9 nitrogen and oxygen atoms in total. The number of carbonyl (C=O) groups excluding carboxylic acids is 1. The molecule has 2 aromatic heterocycles. The topological polar surface area (TPSA) is 134 Å². The number of primary amides is 1. The number of anilines is 1. The van der Waals surface area contributed by atoms with E-state index in [1.165, 1.54) is 0 Å². The molecule has 9 heteroatoms. The van der Waals surface area contributed by atoms with E-state index in [1.54, 1.807) is 0 Å². The van der Waals surface area contributed by atoms with Crippen LogP contribution >= 0.6 is 0 Å². The second kappa shape index (κ2) is 7.88. The number of nitrogens with two attached hydrogens (primary N) is 1. The number of fused-ring (bicyclic) bond motifs is 1. The third-order valence-corrected chi connectivity index (χ3v) is 4.89. The first-order chi connectivity index (χ1) is 14.0. The lowest BCUT2D eigenvalue weighted by Crippen LogP contribution is -2.40. The van der Waals surface area contributed by atoms with Crippen LogP contribution in [0.5, 0.6) is 0 Å². The van der Waals surface area contributed by atoms with Crippen molar-refractivity contribution in [1.29, 1.82) is 0 Å². The number of carbonyl (C=O) groups is 2. The molecule has 1 aliphatic rings. The summed E-state index contributed by atoms with van der Waals surface area (Å²) in [6.45, 7) is 0.380. The summed E-state index contributed by atoms with van der Waals surface area (Å²) < 4.78 is 5.18. The minimum absolute atomic E-state index is 0.0992. The van der Waals surface area contributed by atoms with Crippen LogP contribution in [0.3, 0.4) is 0 Å². The zero-order valence-electron chi connectivity index (χ0n) is 15.7. The summed E-state index contributed by atoms with van der Waals surface area (Å²) in [5.74, 6) is -0.246. The van der Waals surface area contributed by atoms with Gasteiger partial charge in [0.2, 0.25) is 5.91 Å². The molecule has 1 atom stereocenters. The van der Waals surface area contributed by atoms with E-state index in [4.69, 9.17) is 20.6 Å². The summed E-state index contributed by atoms with van der Waals surface area (Å²) in [4.78, 5) is 37.1. The number of aliphatic carboxylic acids is 1. The molecule has 3 aromatic rings. The van der Waals surface area contributed by atoms with Crippen LogP contribution in [0.1, 0.15) is 18.5 Å². The van der Waals surface area contributed by atoms with Gasteiger partial charge in [-0.1, -0.05) is 30.3 Å². The Morgan fingerprint density at radius 2 is 2.07 bits per heavy atom. The molecule has 1 unspecified atom stereocenters. The van der Waals surface area contributed by atoms with Crippen molar-refractivity contribution in [2.75, 3.05) is 18.1 Å². The first-order valence-electron chi connectivity index (χ1n) is 9.33. The summed E-state index contributed by atoms with van der Waals surface area (Å²) in [5.41, 5.74) is 7.73. The van der Waals surface area contributed by atoms with Crippen LogP contribution in [-0.4, -0.2) is 51.1 Å². The fourth-order valence-corrected chi connectivity index (χ4v) is 3.63. The molecule has 0 spiro atoms. The Labute approximate surface area is 166 Å². The van der Waals surface area contributed by atoms with Gasteiger partial charge in [-0.25, -0.2) is 14.8 Å². The number of aromatic nitrogens is 3. The van der Waals surface area contributed by atoms with Crippen LogP contribution in [0.2, 0.25) is 0 Å². The molecule has 1 aromatic carbocycles. The van der Waals surface area contributed by atoms with Gasteiger partial charge in [-0.05, 0) is 18.9 Å². The molecule has 1 saturated heterocycles. The van der Waals surface area contributed by atoms with Gasteiger partial charge in [0.1, 0.15) is 24.1 Å². The van der Waals surface area contributed by atoms with Crippen LogP contribution in [0.15, 0.2) is 36.4 Å². The minimum atomic E-state index is -1.03. The molecule has 1 fully saturated rings. The molecule has 0 saturated carbocycles. The Balaban J connectivity index is 1.79. The van der Waals surface area contributed by atoms with E-state index in [1.807, 2.05) is 41.3 Å². The van der Waals surface area contributed by atoms with Crippen molar-refractivity contribution >= 4 is 28.7 Å². The van der Waals surface area contributed by atoms with E-state index in [-0.39, 0.29) is 19.1 Å². The number of benzene rings is 1. The van der Waals surface area contributed by atoms with Crippen LogP contribution in [0, 0.1) is 0 Å². The van der Waals surface area contributed by atoms with Crippen molar-refractivity contribution in [1.82, 2.24) is 15.0 Å². The monoisotopic (exact) mass is 395 g/mol. The Bertz CT molecular complexity index is 1050. The lowest BCUT2D eigenvalue weighted by Gasteiger charge is -2.24. The van der Waals surface area contributed by atoms with E-state index in [0.29, 0.717) is 35.9 Å². The molecule has 4 N–H and O–H groups in total. The quantitative estimate of drug-likeness (QED) is 0.554. The van der Waals surface area contributed by atoms with Gasteiger partial charge >= 0.3 is 5.97 Å². The van der Waals surface area contributed by atoms with Crippen molar-refractivity contribution in [3.05, 3.63) is 42.1 Å². The van der Waals surface area contributed by atoms with Gasteiger partial charge < -0.3 is 25.5 Å². The molecule has 0 aliphatic carbocycles. The lowest BCUT2D eigenvalue weighted by molar-refractivity contribution is -0.142. The van der Waals surface area contributed by atoms with Crippen LogP contribution < -0.4 is 10.6 Å². The van der Waals surface area contributed by atoms with Crippen molar-refractivity contribution in [3.63, 3.8) is 0 Å². The number of aromatic amines is 1. The van der Waals surface area contributed by atoms with Gasteiger partial charge in [0.15, 0.2) is 5.82 Å². The number of amides is 1. The number of nitrogens with zero attached hydrogens (tertiary/aromatic N) is 3. The molecule has 4 rings (SSSR count). The zero-order valence-corrected chi connectivity index (χ0v) is 15.7. The number of carboxylic acid groups (broad SMARTS) is 1. The number of ether oxygens (including phenoxy) is 1. The summed E-state index contributed by atoms with van der Waals surface area (Å²) in [7, 11) is 0. The Morgan fingerprint density at radius 1 is 1.28 bits per heavy atom. The summed E-state index contributed by atoms with van der Waals surface area (Å²) in [6, 6.07) is 11.0. The highest BCUT2D eigenvalue weighted by Gasteiger charge is 2.32. The average Bonchev–Trinajstić information content (AvgIpc) is 3.34. The molecule has 3 heterocycles. The zero-order chi connectivity index (χ0) is 20.4. The first kappa shape index (κ1) is 18.9. The first-order valence-corrected chi connectivity index (χ1v) is 9.33. The predicted molar refractivity (Wildman–Crippen MR) is 106 cm³/mol. The van der Waals surface area contributed by atoms with Crippen LogP contribution in [0.4, 0.5) is 5.82 Å². The average molecular weight is 395 g/mol. The third kappa shape index (κ3) is 3.90. The van der Waals surface area contributed by atoms with Crippen LogP contribution in [-0.2, 0) is 20.9 Å². The second-order valence-corrected chi connectivity index (χ2v) is 6.93. The van der Waals surface area contributed by atoms with Crippen molar-refractivity contribution < 1.29 is 19.4 Å². The highest BCUT2D eigenvalue weighted by atomic mass is 16.5. The molecule has 150 valence electrons. The predicted octanol–water partition coefficient (Wildman–Crippen LogP) is 1.68. The molecular weight excluding hydrogens is 374 g/mol. The van der Waals surface area contributed by atoms with E-state index in [0.717, 1.165) is 17.4 Å². The van der Waals surface area contributed by atoms with Crippen molar-refractivity contribution in [3.8, 4) is 11.4 Å².